The molecule has 80 valence electrons. The van der Waals surface area contributed by atoms with E-state index >= 15 is 0 Å². The molecule has 1 heterocycles. The van der Waals surface area contributed by atoms with Crippen molar-refractivity contribution in [2.75, 3.05) is 6.54 Å². The number of alkyl halides is 1. The Balaban J connectivity index is 2.60. The molecule has 0 spiro atoms. The predicted molar refractivity (Wildman–Crippen MR) is 49.5 cm³/mol. The molecular weight excluding hydrogens is 187 g/mol. The number of nitrogens with one attached hydrogen (secondary N) is 1. The molecule has 0 aromatic rings. The topological polar surface area (TPSA) is 49.4 Å². The smallest absolute Gasteiger partial charge is 0.319 e. The summed E-state index contributed by atoms with van der Waals surface area (Å²) in [6.07, 6.45) is 1.33. The molecule has 1 unspecified atom stereocenters. The Labute approximate surface area is 82.5 Å². The Kier molecular flexibility index (Phi) is 3.85. The van der Waals surface area contributed by atoms with Crippen molar-refractivity contribution in [3.8, 4) is 0 Å². The lowest BCUT2D eigenvalue weighted by atomic mass is 9.99. The van der Waals surface area contributed by atoms with E-state index in [9.17, 15) is 14.0 Å². The average molecular weight is 202 g/mol. The number of halogens is 1. The highest BCUT2D eigenvalue weighted by Gasteiger charge is 2.30. The predicted octanol–water partition coefficient (Wildman–Crippen LogP) is 1.06. The molecule has 0 radical (unpaired) electrons. The molecule has 0 aromatic carbocycles. The average Bonchev–Trinajstić information content (AvgIpc) is 2.18. The van der Waals surface area contributed by atoms with E-state index in [1.165, 1.54) is 4.90 Å². The molecule has 1 N–H and O–H groups in total. The molecular formula is C9H15FN2O2. The summed E-state index contributed by atoms with van der Waals surface area (Å²) < 4.78 is 13.0. The number of likely N-dealkylation sites (tertiary alicyclic amines) is 1. The fraction of sp³-hybridized carbons (Fsp3) is 0.778. The Morgan fingerprint density at radius 1 is 1.64 bits per heavy atom. The fourth-order valence-corrected chi connectivity index (χ4v) is 1.79. The molecule has 2 atom stereocenters. The number of amides is 3. The van der Waals surface area contributed by atoms with Crippen molar-refractivity contribution in [3.63, 3.8) is 0 Å². The zero-order chi connectivity index (χ0) is 10.6. The number of urea groups is 1. The van der Waals surface area contributed by atoms with Crippen molar-refractivity contribution >= 4 is 12.4 Å². The van der Waals surface area contributed by atoms with Gasteiger partial charge < -0.3 is 4.90 Å². The first-order chi connectivity index (χ1) is 6.69. The molecule has 1 aliphatic rings. The summed E-state index contributed by atoms with van der Waals surface area (Å²) in [5, 5.41) is 2.04. The van der Waals surface area contributed by atoms with Gasteiger partial charge in [0.05, 0.1) is 6.54 Å². The highest BCUT2D eigenvalue weighted by Crippen LogP contribution is 2.21. The number of hydrogen-bond acceptors (Lipinski definition) is 2. The highest BCUT2D eigenvalue weighted by molar-refractivity contribution is 5.84. The van der Waals surface area contributed by atoms with Crippen LogP contribution in [0.15, 0.2) is 0 Å². The normalized spacial score (nSPS) is 27.1. The second-order valence-corrected chi connectivity index (χ2v) is 3.46. The highest BCUT2D eigenvalue weighted by atomic mass is 19.1. The molecule has 0 saturated carbocycles. The van der Waals surface area contributed by atoms with Crippen LogP contribution in [0.4, 0.5) is 9.18 Å². The quantitative estimate of drug-likeness (QED) is 0.681. The maximum atomic E-state index is 13.0. The van der Waals surface area contributed by atoms with E-state index in [0.717, 1.165) is 6.42 Å². The molecule has 0 bridgehead atoms. The molecule has 1 saturated heterocycles. The molecule has 0 aliphatic carbocycles. The van der Waals surface area contributed by atoms with Gasteiger partial charge in [-0.2, -0.15) is 0 Å². The molecule has 3 amide bonds. The molecule has 0 aromatic heterocycles. The Hall–Kier alpha value is -1.13. The maximum absolute atomic E-state index is 13.0. The Bertz CT molecular complexity index is 223. The van der Waals surface area contributed by atoms with E-state index in [2.05, 4.69) is 0 Å². The number of nitrogens with zero attached hydrogens (tertiary/aromatic N) is 1. The van der Waals surface area contributed by atoms with Gasteiger partial charge in [-0.05, 0) is 19.3 Å². The van der Waals surface area contributed by atoms with Crippen LogP contribution in [0.25, 0.3) is 0 Å². The minimum atomic E-state index is -0.963. The van der Waals surface area contributed by atoms with Crippen molar-refractivity contribution in [1.82, 2.24) is 10.2 Å². The van der Waals surface area contributed by atoms with Crippen LogP contribution < -0.4 is 5.32 Å². The largest absolute Gasteiger partial charge is 0.324 e. The van der Waals surface area contributed by atoms with E-state index in [1.54, 1.807) is 0 Å². The SMILES string of the molecule is CCC1CC[C@H](F)CN1C(=O)NC=O. The van der Waals surface area contributed by atoms with Crippen molar-refractivity contribution in [1.29, 1.82) is 0 Å². The summed E-state index contributed by atoms with van der Waals surface area (Å²) in [7, 11) is 0. The lowest BCUT2D eigenvalue weighted by molar-refractivity contribution is -0.108. The second-order valence-electron chi connectivity index (χ2n) is 3.46. The number of rotatable bonds is 2. The summed E-state index contributed by atoms with van der Waals surface area (Å²) in [5.74, 6) is 0. The number of carbonyl (C=O) groups is 2. The third-order valence-electron chi connectivity index (χ3n) is 2.56. The number of hydrogen-bond donors (Lipinski definition) is 1. The zero-order valence-electron chi connectivity index (χ0n) is 8.20. The van der Waals surface area contributed by atoms with Crippen LogP contribution in [-0.4, -0.2) is 36.1 Å². The van der Waals surface area contributed by atoms with Gasteiger partial charge in [-0.3, -0.25) is 10.1 Å². The van der Waals surface area contributed by atoms with Gasteiger partial charge in [0, 0.05) is 6.04 Å². The summed E-state index contributed by atoms with van der Waals surface area (Å²) in [6, 6.07) is -0.434. The molecule has 5 heteroatoms. The van der Waals surface area contributed by atoms with Crippen LogP contribution in [0.2, 0.25) is 0 Å². The Morgan fingerprint density at radius 2 is 2.36 bits per heavy atom. The van der Waals surface area contributed by atoms with Gasteiger partial charge >= 0.3 is 6.03 Å². The lowest BCUT2D eigenvalue weighted by Gasteiger charge is -2.36. The number of imide groups is 1. The summed E-state index contributed by atoms with van der Waals surface area (Å²) in [4.78, 5) is 22.8. The van der Waals surface area contributed by atoms with Gasteiger partial charge in [-0.25, -0.2) is 9.18 Å². The minimum absolute atomic E-state index is 0.0574. The maximum Gasteiger partial charge on any atom is 0.324 e. The van der Waals surface area contributed by atoms with Crippen LogP contribution in [0, 0.1) is 0 Å². The van der Waals surface area contributed by atoms with E-state index in [4.69, 9.17) is 0 Å². The number of piperidine rings is 1. The van der Waals surface area contributed by atoms with Gasteiger partial charge in [-0.15, -0.1) is 0 Å². The minimum Gasteiger partial charge on any atom is -0.319 e. The van der Waals surface area contributed by atoms with Gasteiger partial charge in [0.25, 0.3) is 0 Å². The molecule has 1 rings (SSSR count). The van der Waals surface area contributed by atoms with E-state index in [1.807, 2.05) is 12.2 Å². The molecule has 4 nitrogen and oxygen atoms in total. The van der Waals surface area contributed by atoms with Gasteiger partial charge in [0.2, 0.25) is 6.41 Å². The zero-order valence-corrected chi connectivity index (χ0v) is 8.20. The Morgan fingerprint density at radius 3 is 2.93 bits per heavy atom. The molecule has 14 heavy (non-hydrogen) atoms. The van der Waals surface area contributed by atoms with Gasteiger partial charge in [0.15, 0.2) is 0 Å². The second kappa shape index (κ2) is 4.93. The summed E-state index contributed by atoms with van der Waals surface area (Å²) in [6.45, 7) is 2.04. The molecule has 1 fully saturated rings. The van der Waals surface area contributed by atoms with Crippen molar-refractivity contribution in [2.24, 2.45) is 0 Å². The van der Waals surface area contributed by atoms with E-state index in [-0.39, 0.29) is 12.6 Å². The van der Waals surface area contributed by atoms with Crippen molar-refractivity contribution < 1.29 is 14.0 Å². The lowest BCUT2D eigenvalue weighted by Crippen LogP contribution is -2.51. The van der Waals surface area contributed by atoms with Crippen LogP contribution in [0.3, 0.4) is 0 Å². The van der Waals surface area contributed by atoms with E-state index < -0.39 is 12.2 Å². The first-order valence-electron chi connectivity index (χ1n) is 4.83. The van der Waals surface area contributed by atoms with Gasteiger partial charge in [-0.1, -0.05) is 6.92 Å². The number of carbonyl (C=O) groups excluding carboxylic acids is 2. The van der Waals surface area contributed by atoms with Crippen LogP contribution in [0.5, 0.6) is 0 Å². The van der Waals surface area contributed by atoms with E-state index in [0.29, 0.717) is 19.3 Å². The standard InChI is InChI=1S/C9H15FN2O2/c1-2-8-4-3-7(10)5-12(8)9(14)11-6-13/h6-8H,2-5H2,1H3,(H,11,13,14)/t7-,8?/m0/s1. The first-order valence-corrected chi connectivity index (χ1v) is 4.83. The van der Waals surface area contributed by atoms with Crippen LogP contribution >= 0.6 is 0 Å². The third kappa shape index (κ3) is 2.43. The summed E-state index contributed by atoms with van der Waals surface area (Å²) >= 11 is 0. The van der Waals surface area contributed by atoms with Crippen LogP contribution in [-0.2, 0) is 4.79 Å². The third-order valence-corrected chi connectivity index (χ3v) is 2.56. The first kappa shape index (κ1) is 10.9. The van der Waals surface area contributed by atoms with Crippen molar-refractivity contribution in [2.45, 2.75) is 38.4 Å². The van der Waals surface area contributed by atoms with Crippen molar-refractivity contribution in [3.05, 3.63) is 0 Å². The molecule has 1 aliphatic heterocycles. The monoisotopic (exact) mass is 202 g/mol. The fourth-order valence-electron chi connectivity index (χ4n) is 1.79. The van der Waals surface area contributed by atoms with Crippen LogP contribution in [0.1, 0.15) is 26.2 Å². The summed E-state index contributed by atoms with van der Waals surface area (Å²) in [5.41, 5.74) is 0. The van der Waals surface area contributed by atoms with Gasteiger partial charge in [0.1, 0.15) is 6.17 Å².